The van der Waals surface area contributed by atoms with Crippen LogP contribution in [0.5, 0.6) is 0 Å². The minimum atomic E-state index is -1.01. The number of carboxylic acid groups (broad SMARTS) is 1. The largest absolute Gasteiger partial charge is 0.480 e. The average molecular weight is 786 g/mol. The predicted molar refractivity (Wildman–Crippen MR) is 240 cm³/mol. The molecule has 326 valence electrons. The van der Waals surface area contributed by atoms with Gasteiger partial charge in [-0.2, -0.15) is 0 Å². The molecule has 0 aliphatic heterocycles. The van der Waals surface area contributed by atoms with Crippen molar-refractivity contribution >= 4 is 17.8 Å². The molecule has 0 aliphatic carbocycles. The molecule has 0 aromatic rings. The molecule has 56 heavy (non-hydrogen) atoms. The van der Waals surface area contributed by atoms with Gasteiger partial charge in [0, 0.05) is 12.8 Å². The zero-order valence-electron chi connectivity index (χ0n) is 37.0. The standard InChI is InChI=1S/C50H91NO5/c1-3-5-7-9-11-13-15-16-17-18-19-20-21-22-23-24-25-26-28-30-32-37-41-45-50(55)56-47(42-38-34-31-29-27-14-12-10-8-6-4-2)43-39-35-33-36-40-44-48(52)51-46-49(53)54/h15-16,18-19,21-22,47H,3-14,17,20,23-46H2,1-2H3,(H,51,52)(H,53,54)/b16-15-,19-18-,22-21-. The summed E-state index contributed by atoms with van der Waals surface area (Å²) in [5.41, 5.74) is 0. The van der Waals surface area contributed by atoms with E-state index >= 15 is 0 Å². The van der Waals surface area contributed by atoms with Crippen LogP contribution in [0.1, 0.15) is 251 Å². The van der Waals surface area contributed by atoms with Crippen molar-refractivity contribution in [3.05, 3.63) is 36.5 Å². The zero-order chi connectivity index (χ0) is 40.8. The molecule has 0 spiro atoms. The Bertz CT molecular complexity index is 957. The van der Waals surface area contributed by atoms with E-state index in [4.69, 9.17) is 9.84 Å². The van der Waals surface area contributed by atoms with Crippen molar-refractivity contribution in [1.82, 2.24) is 5.32 Å². The minimum Gasteiger partial charge on any atom is -0.480 e. The number of carbonyl (C=O) groups is 3. The molecular weight excluding hydrogens is 695 g/mol. The Labute approximate surface area is 346 Å². The number of hydrogen-bond donors (Lipinski definition) is 2. The van der Waals surface area contributed by atoms with E-state index in [2.05, 4.69) is 55.6 Å². The summed E-state index contributed by atoms with van der Waals surface area (Å²) in [5.74, 6) is -1.23. The van der Waals surface area contributed by atoms with E-state index < -0.39 is 5.97 Å². The summed E-state index contributed by atoms with van der Waals surface area (Å²) in [6.07, 6.45) is 57.1. The second kappa shape index (κ2) is 45.3. The van der Waals surface area contributed by atoms with E-state index in [9.17, 15) is 14.4 Å². The molecular formula is C50H91NO5. The number of unbranched alkanes of at least 4 members (excludes halogenated alkanes) is 27. The van der Waals surface area contributed by atoms with Crippen molar-refractivity contribution in [2.45, 2.75) is 258 Å². The Morgan fingerprint density at radius 3 is 1.25 bits per heavy atom. The fourth-order valence-corrected chi connectivity index (χ4v) is 7.23. The van der Waals surface area contributed by atoms with Crippen LogP contribution in [0.3, 0.4) is 0 Å². The highest BCUT2D eigenvalue weighted by atomic mass is 16.5. The van der Waals surface area contributed by atoms with Crippen LogP contribution in [-0.2, 0) is 19.1 Å². The first-order valence-electron chi connectivity index (χ1n) is 24.1. The second-order valence-electron chi connectivity index (χ2n) is 16.4. The van der Waals surface area contributed by atoms with Crippen LogP contribution in [-0.4, -0.2) is 35.6 Å². The van der Waals surface area contributed by atoms with Gasteiger partial charge in [-0.1, -0.05) is 198 Å². The first kappa shape index (κ1) is 53.6. The lowest BCUT2D eigenvalue weighted by atomic mass is 10.0. The van der Waals surface area contributed by atoms with Gasteiger partial charge in [-0.3, -0.25) is 14.4 Å². The number of ether oxygens (including phenoxy) is 1. The molecule has 2 N–H and O–H groups in total. The van der Waals surface area contributed by atoms with Crippen LogP contribution < -0.4 is 5.32 Å². The quantitative estimate of drug-likeness (QED) is 0.0364. The van der Waals surface area contributed by atoms with Crippen molar-refractivity contribution in [2.75, 3.05) is 6.54 Å². The lowest BCUT2D eigenvalue weighted by molar-refractivity contribution is -0.150. The highest BCUT2D eigenvalue weighted by Gasteiger charge is 2.14. The van der Waals surface area contributed by atoms with Gasteiger partial charge < -0.3 is 15.2 Å². The maximum Gasteiger partial charge on any atom is 0.322 e. The summed E-state index contributed by atoms with van der Waals surface area (Å²) in [4.78, 5) is 35.1. The van der Waals surface area contributed by atoms with E-state index in [1.165, 1.54) is 148 Å². The van der Waals surface area contributed by atoms with E-state index in [0.717, 1.165) is 77.0 Å². The van der Waals surface area contributed by atoms with Crippen LogP contribution in [0.4, 0.5) is 0 Å². The third-order valence-corrected chi connectivity index (χ3v) is 10.8. The van der Waals surface area contributed by atoms with Crippen LogP contribution >= 0.6 is 0 Å². The Hall–Kier alpha value is -2.37. The smallest absolute Gasteiger partial charge is 0.322 e. The maximum absolute atomic E-state index is 12.8. The number of nitrogens with one attached hydrogen (secondary N) is 1. The lowest BCUT2D eigenvalue weighted by Gasteiger charge is -2.18. The number of aliphatic carboxylic acids is 1. The molecule has 0 heterocycles. The Morgan fingerprint density at radius 2 is 0.821 bits per heavy atom. The predicted octanol–water partition coefficient (Wildman–Crippen LogP) is 15.2. The monoisotopic (exact) mass is 786 g/mol. The van der Waals surface area contributed by atoms with Gasteiger partial charge in [0.2, 0.25) is 5.91 Å². The van der Waals surface area contributed by atoms with Gasteiger partial charge in [-0.25, -0.2) is 0 Å². The number of allylic oxidation sites excluding steroid dienone is 6. The number of hydrogen-bond acceptors (Lipinski definition) is 4. The highest BCUT2D eigenvalue weighted by Crippen LogP contribution is 2.19. The van der Waals surface area contributed by atoms with E-state index in [1.54, 1.807) is 0 Å². The van der Waals surface area contributed by atoms with Gasteiger partial charge >= 0.3 is 11.9 Å². The molecule has 6 nitrogen and oxygen atoms in total. The number of carboxylic acids is 1. The molecule has 1 atom stereocenters. The molecule has 0 saturated heterocycles. The van der Waals surface area contributed by atoms with Gasteiger partial charge in [-0.05, 0) is 77.0 Å². The summed E-state index contributed by atoms with van der Waals surface area (Å²) in [5, 5.41) is 11.1. The Kier molecular flexibility index (Phi) is 43.4. The van der Waals surface area contributed by atoms with E-state index in [1.807, 2.05) is 0 Å². The van der Waals surface area contributed by atoms with Gasteiger partial charge in [0.25, 0.3) is 0 Å². The highest BCUT2D eigenvalue weighted by molar-refractivity contribution is 5.80. The van der Waals surface area contributed by atoms with Gasteiger partial charge in [0.05, 0.1) is 0 Å². The molecule has 0 radical (unpaired) electrons. The number of carbonyl (C=O) groups excluding carboxylic acids is 2. The molecule has 0 rings (SSSR count). The molecule has 0 bridgehead atoms. The number of rotatable bonds is 44. The molecule has 1 amide bonds. The van der Waals surface area contributed by atoms with Gasteiger partial charge in [0.1, 0.15) is 12.6 Å². The van der Waals surface area contributed by atoms with E-state index in [-0.39, 0.29) is 24.5 Å². The van der Waals surface area contributed by atoms with Crippen LogP contribution in [0.15, 0.2) is 36.5 Å². The number of esters is 1. The fraction of sp³-hybridized carbons (Fsp3) is 0.820. The third kappa shape index (κ3) is 44.3. The van der Waals surface area contributed by atoms with Crippen LogP contribution in [0.25, 0.3) is 0 Å². The molecule has 1 unspecified atom stereocenters. The first-order valence-corrected chi connectivity index (χ1v) is 24.1. The number of amides is 1. The minimum absolute atomic E-state index is 0.0191. The summed E-state index contributed by atoms with van der Waals surface area (Å²) < 4.78 is 6.05. The SMILES string of the molecule is CCCCCCC/C=C\C/C=C\C/C=C\CCCCCCCCCCC(=O)OC(CCCCCCCCCCCCC)CCCCCCCC(=O)NCC(=O)O. The van der Waals surface area contributed by atoms with Crippen molar-refractivity contribution < 1.29 is 24.2 Å². The summed E-state index contributed by atoms with van der Waals surface area (Å²) in [6, 6.07) is 0. The van der Waals surface area contributed by atoms with E-state index in [0.29, 0.717) is 12.8 Å². The summed E-state index contributed by atoms with van der Waals surface area (Å²) in [6.45, 7) is 4.23. The molecule has 0 aromatic carbocycles. The Balaban J connectivity index is 4.05. The summed E-state index contributed by atoms with van der Waals surface area (Å²) in [7, 11) is 0. The van der Waals surface area contributed by atoms with Crippen molar-refractivity contribution in [3.63, 3.8) is 0 Å². The topological polar surface area (TPSA) is 92.7 Å². The Morgan fingerprint density at radius 1 is 0.464 bits per heavy atom. The van der Waals surface area contributed by atoms with Gasteiger partial charge in [0.15, 0.2) is 0 Å². The van der Waals surface area contributed by atoms with Crippen LogP contribution in [0.2, 0.25) is 0 Å². The maximum atomic E-state index is 12.8. The van der Waals surface area contributed by atoms with Crippen LogP contribution in [0, 0.1) is 0 Å². The zero-order valence-corrected chi connectivity index (χ0v) is 37.0. The normalized spacial score (nSPS) is 12.3. The first-order chi connectivity index (χ1) is 27.5. The molecule has 6 heteroatoms. The molecule has 0 aromatic heterocycles. The van der Waals surface area contributed by atoms with Crippen molar-refractivity contribution in [2.24, 2.45) is 0 Å². The lowest BCUT2D eigenvalue weighted by Crippen LogP contribution is -2.28. The van der Waals surface area contributed by atoms with Crippen molar-refractivity contribution in [3.8, 4) is 0 Å². The van der Waals surface area contributed by atoms with Gasteiger partial charge in [-0.15, -0.1) is 0 Å². The molecule has 0 aliphatic rings. The van der Waals surface area contributed by atoms with Crippen molar-refractivity contribution in [1.29, 1.82) is 0 Å². The molecule has 0 saturated carbocycles. The fourth-order valence-electron chi connectivity index (χ4n) is 7.23. The second-order valence-corrected chi connectivity index (χ2v) is 16.4. The molecule has 0 fully saturated rings. The average Bonchev–Trinajstić information content (AvgIpc) is 3.18. The summed E-state index contributed by atoms with van der Waals surface area (Å²) >= 11 is 0. The third-order valence-electron chi connectivity index (χ3n) is 10.8.